The topological polar surface area (TPSA) is 66.1 Å². The average molecular weight is 254 g/mol. The molecule has 96 valence electrons. The van der Waals surface area contributed by atoms with E-state index < -0.39 is 6.10 Å². The standard InChI is InChI=1S/C15H14N2O2/c1-11(18)12-4-6-14(7-5-12)19-10-13-3-2-8-17-15(13)9-16/h2-8,11,18H,10H2,1H3/t11-/m0/s1. The SMILES string of the molecule is C[C@H](O)c1ccc(OCc2cccnc2C#N)cc1. The van der Waals surface area contributed by atoms with Crippen molar-refractivity contribution < 1.29 is 9.84 Å². The molecule has 2 rings (SSSR count). The number of hydrogen-bond acceptors (Lipinski definition) is 4. The Morgan fingerprint density at radius 3 is 2.68 bits per heavy atom. The Morgan fingerprint density at radius 2 is 2.05 bits per heavy atom. The molecule has 1 atom stereocenters. The number of ether oxygens (including phenoxy) is 1. The molecule has 2 aromatic rings. The van der Waals surface area contributed by atoms with Gasteiger partial charge in [-0.15, -0.1) is 0 Å². The molecule has 1 heterocycles. The average Bonchev–Trinajstić information content (AvgIpc) is 2.45. The van der Waals surface area contributed by atoms with Crippen LogP contribution in [-0.4, -0.2) is 10.1 Å². The summed E-state index contributed by atoms with van der Waals surface area (Å²) in [5.41, 5.74) is 1.97. The Kier molecular flexibility index (Phi) is 4.11. The van der Waals surface area contributed by atoms with Gasteiger partial charge in [-0.3, -0.25) is 0 Å². The van der Waals surface area contributed by atoms with Gasteiger partial charge in [-0.1, -0.05) is 18.2 Å². The zero-order valence-corrected chi connectivity index (χ0v) is 10.6. The van der Waals surface area contributed by atoms with Crippen molar-refractivity contribution in [3.05, 3.63) is 59.4 Å². The lowest BCUT2D eigenvalue weighted by atomic mass is 10.1. The maximum absolute atomic E-state index is 9.41. The van der Waals surface area contributed by atoms with Gasteiger partial charge in [0, 0.05) is 11.8 Å². The quantitative estimate of drug-likeness (QED) is 0.910. The summed E-state index contributed by atoms with van der Waals surface area (Å²) in [7, 11) is 0. The van der Waals surface area contributed by atoms with Gasteiger partial charge in [0.15, 0.2) is 0 Å². The molecule has 1 aromatic heterocycles. The second kappa shape index (κ2) is 5.98. The minimum absolute atomic E-state index is 0.296. The number of hydrogen-bond donors (Lipinski definition) is 1. The van der Waals surface area contributed by atoms with E-state index in [-0.39, 0.29) is 0 Å². The summed E-state index contributed by atoms with van der Waals surface area (Å²) in [4.78, 5) is 3.97. The van der Waals surface area contributed by atoms with E-state index in [0.29, 0.717) is 18.1 Å². The van der Waals surface area contributed by atoms with Crippen LogP contribution in [0.4, 0.5) is 0 Å². The first kappa shape index (κ1) is 13.1. The number of nitrogens with zero attached hydrogens (tertiary/aromatic N) is 2. The summed E-state index contributed by atoms with van der Waals surface area (Å²) in [6.07, 6.45) is 1.09. The second-order valence-corrected chi connectivity index (χ2v) is 4.16. The molecule has 0 saturated carbocycles. The lowest BCUT2D eigenvalue weighted by Crippen LogP contribution is -2.00. The predicted octanol–water partition coefficient (Wildman–Crippen LogP) is 2.59. The molecule has 0 unspecified atom stereocenters. The Morgan fingerprint density at radius 1 is 1.32 bits per heavy atom. The highest BCUT2D eigenvalue weighted by molar-refractivity contribution is 5.32. The lowest BCUT2D eigenvalue weighted by Gasteiger charge is -2.09. The summed E-state index contributed by atoms with van der Waals surface area (Å²) in [6.45, 7) is 2.01. The van der Waals surface area contributed by atoms with Crippen molar-refractivity contribution in [2.24, 2.45) is 0 Å². The van der Waals surface area contributed by atoms with Crippen molar-refractivity contribution in [2.75, 3.05) is 0 Å². The molecule has 1 N–H and O–H groups in total. The predicted molar refractivity (Wildman–Crippen MR) is 70.4 cm³/mol. The van der Waals surface area contributed by atoms with Crippen molar-refractivity contribution >= 4 is 0 Å². The number of aliphatic hydroxyl groups is 1. The van der Waals surface area contributed by atoms with Crippen LogP contribution in [0.25, 0.3) is 0 Å². The highest BCUT2D eigenvalue weighted by atomic mass is 16.5. The summed E-state index contributed by atoms with van der Waals surface area (Å²) in [5, 5.41) is 18.3. The van der Waals surface area contributed by atoms with Crippen molar-refractivity contribution in [3.8, 4) is 11.8 Å². The van der Waals surface area contributed by atoms with Crippen molar-refractivity contribution in [3.63, 3.8) is 0 Å². The van der Waals surface area contributed by atoms with Gasteiger partial charge in [-0.25, -0.2) is 4.98 Å². The minimum Gasteiger partial charge on any atom is -0.489 e. The maximum Gasteiger partial charge on any atom is 0.147 e. The zero-order chi connectivity index (χ0) is 13.7. The normalized spacial score (nSPS) is 11.6. The third kappa shape index (κ3) is 3.30. The molecule has 0 spiro atoms. The van der Waals surface area contributed by atoms with Crippen molar-refractivity contribution in [1.82, 2.24) is 4.98 Å². The van der Waals surface area contributed by atoms with Gasteiger partial charge in [0.1, 0.15) is 24.1 Å². The number of aromatic nitrogens is 1. The van der Waals surface area contributed by atoms with Crippen LogP contribution < -0.4 is 4.74 Å². The molecule has 1 aromatic carbocycles. The molecule has 0 fully saturated rings. The molecule has 0 aliphatic rings. The third-order valence-corrected chi connectivity index (χ3v) is 2.75. The molecule has 4 nitrogen and oxygen atoms in total. The van der Waals surface area contributed by atoms with E-state index in [0.717, 1.165) is 11.1 Å². The highest BCUT2D eigenvalue weighted by Gasteiger charge is 2.04. The molecule has 4 heteroatoms. The third-order valence-electron chi connectivity index (χ3n) is 2.75. The highest BCUT2D eigenvalue weighted by Crippen LogP contribution is 2.18. The summed E-state index contributed by atoms with van der Waals surface area (Å²) in [6, 6.07) is 12.8. The lowest BCUT2D eigenvalue weighted by molar-refractivity contribution is 0.199. The number of benzene rings is 1. The van der Waals surface area contributed by atoms with Crippen molar-refractivity contribution in [1.29, 1.82) is 5.26 Å². The maximum atomic E-state index is 9.41. The van der Waals surface area contributed by atoms with Gasteiger partial charge in [-0.2, -0.15) is 5.26 Å². The van der Waals surface area contributed by atoms with E-state index in [2.05, 4.69) is 4.98 Å². The number of rotatable bonds is 4. The fraction of sp³-hybridized carbons (Fsp3) is 0.200. The van der Waals surface area contributed by atoms with Crippen LogP contribution in [0.2, 0.25) is 0 Å². The summed E-state index contributed by atoms with van der Waals surface area (Å²) < 4.78 is 5.60. The Hall–Kier alpha value is -2.38. The smallest absolute Gasteiger partial charge is 0.147 e. The molecule has 0 aliphatic carbocycles. The first-order chi connectivity index (χ1) is 9.20. The van der Waals surface area contributed by atoms with Gasteiger partial charge in [-0.05, 0) is 30.7 Å². The number of nitriles is 1. The Bertz CT molecular complexity index is 586. The van der Waals surface area contributed by atoms with E-state index in [1.165, 1.54) is 0 Å². The monoisotopic (exact) mass is 254 g/mol. The molecule has 0 radical (unpaired) electrons. The van der Waals surface area contributed by atoms with Crippen LogP contribution in [-0.2, 0) is 6.61 Å². The summed E-state index contributed by atoms with van der Waals surface area (Å²) in [5.74, 6) is 0.692. The van der Waals surface area contributed by atoms with E-state index in [1.807, 2.05) is 24.3 Å². The van der Waals surface area contributed by atoms with E-state index in [1.54, 1.807) is 31.3 Å². The van der Waals surface area contributed by atoms with E-state index >= 15 is 0 Å². The first-order valence-corrected chi connectivity index (χ1v) is 5.95. The van der Waals surface area contributed by atoms with Crippen LogP contribution >= 0.6 is 0 Å². The summed E-state index contributed by atoms with van der Waals surface area (Å²) >= 11 is 0. The van der Waals surface area contributed by atoms with Gasteiger partial charge < -0.3 is 9.84 Å². The molecule has 0 aliphatic heterocycles. The number of aliphatic hydroxyl groups excluding tert-OH is 1. The minimum atomic E-state index is -0.488. The molecule has 19 heavy (non-hydrogen) atoms. The molecule has 0 amide bonds. The Labute approximate surface area is 111 Å². The Balaban J connectivity index is 2.04. The largest absolute Gasteiger partial charge is 0.489 e. The van der Waals surface area contributed by atoms with Gasteiger partial charge in [0.25, 0.3) is 0 Å². The van der Waals surface area contributed by atoms with Gasteiger partial charge in [0.2, 0.25) is 0 Å². The van der Waals surface area contributed by atoms with Crippen LogP contribution in [0.15, 0.2) is 42.6 Å². The number of pyridine rings is 1. The fourth-order valence-electron chi connectivity index (χ4n) is 1.66. The van der Waals surface area contributed by atoms with Crippen molar-refractivity contribution in [2.45, 2.75) is 19.6 Å². The molecule has 0 bridgehead atoms. The van der Waals surface area contributed by atoms with Crippen LogP contribution in [0.1, 0.15) is 29.8 Å². The molecule has 0 saturated heterocycles. The molecular formula is C15H14N2O2. The van der Waals surface area contributed by atoms with Gasteiger partial charge >= 0.3 is 0 Å². The van der Waals surface area contributed by atoms with Gasteiger partial charge in [0.05, 0.1) is 6.10 Å². The van der Waals surface area contributed by atoms with E-state index in [4.69, 9.17) is 10.00 Å². The van der Waals surface area contributed by atoms with E-state index in [9.17, 15) is 5.11 Å². The second-order valence-electron chi connectivity index (χ2n) is 4.16. The van der Waals surface area contributed by atoms with Crippen LogP contribution in [0.5, 0.6) is 5.75 Å². The zero-order valence-electron chi connectivity index (χ0n) is 10.6. The van der Waals surface area contributed by atoms with Crippen LogP contribution in [0.3, 0.4) is 0 Å². The first-order valence-electron chi connectivity index (χ1n) is 5.95. The van der Waals surface area contributed by atoms with Crippen LogP contribution in [0, 0.1) is 11.3 Å². The fourth-order valence-corrected chi connectivity index (χ4v) is 1.66. The molecular weight excluding hydrogens is 240 g/mol.